The molecule has 0 unspecified atom stereocenters. The van der Waals surface area contributed by atoms with E-state index in [2.05, 4.69) is 49.5 Å². The Morgan fingerprint density at radius 2 is 1.88 bits per heavy atom. The van der Waals surface area contributed by atoms with Gasteiger partial charge in [0, 0.05) is 7.05 Å². The van der Waals surface area contributed by atoms with E-state index in [9.17, 15) is 4.79 Å². The van der Waals surface area contributed by atoms with Crippen LogP contribution in [-0.2, 0) is 11.2 Å². The zero-order chi connectivity index (χ0) is 12.4. The van der Waals surface area contributed by atoms with Crippen LogP contribution in [0.1, 0.15) is 16.7 Å². The number of carbonyl (C=O) groups excluding carboxylic acids is 1. The van der Waals surface area contributed by atoms with Gasteiger partial charge in [-0.25, -0.2) is 0 Å². The third-order valence-corrected chi connectivity index (χ3v) is 3.08. The highest BCUT2D eigenvalue weighted by Crippen LogP contribution is 2.21. The molecule has 0 radical (unpaired) electrons. The molecular formula is C15H17NO. The number of likely N-dealkylation sites (N-methyl/N-ethyl adjacent to an activating group) is 1. The SMILES string of the molecule is CNC(=O)Cc1cc2cc(C)ccc2cc1C. The highest BCUT2D eigenvalue weighted by atomic mass is 16.1. The number of nitrogens with one attached hydrogen (secondary N) is 1. The Balaban J connectivity index is 2.49. The Morgan fingerprint density at radius 3 is 2.59 bits per heavy atom. The molecule has 0 fully saturated rings. The van der Waals surface area contributed by atoms with E-state index in [1.54, 1.807) is 7.05 Å². The summed E-state index contributed by atoms with van der Waals surface area (Å²) in [6, 6.07) is 10.7. The van der Waals surface area contributed by atoms with Crippen LogP contribution < -0.4 is 5.32 Å². The average Bonchev–Trinajstić information content (AvgIpc) is 2.30. The van der Waals surface area contributed by atoms with Crippen molar-refractivity contribution >= 4 is 16.7 Å². The van der Waals surface area contributed by atoms with Gasteiger partial charge in [0.25, 0.3) is 0 Å². The number of amides is 1. The molecule has 2 rings (SSSR count). The summed E-state index contributed by atoms with van der Waals surface area (Å²) in [7, 11) is 1.67. The molecule has 0 saturated heterocycles. The predicted octanol–water partition coefficient (Wildman–Crippen LogP) is 2.75. The van der Waals surface area contributed by atoms with Crippen molar-refractivity contribution in [2.24, 2.45) is 0 Å². The summed E-state index contributed by atoms with van der Waals surface area (Å²) >= 11 is 0. The van der Waals surface area contributed by atoms with Gasteiger partial charge in [0.05, 0.1) is 6.42 Å². The van der Waals surface area contributed by atoms with Gasteiger partial charge in [-0.05, 0) is 35.7 Å². The molecule has 1 amide bonds. The first kappa shape index (κ1) is 11.6. The van der Waals surface area contributed by atoms with E-state index in [0.717, 1.165) is 5.56 Å². The highest BCUT2D eigenvalue weighted by Gasteiger charge is 2.06. The van der Waals surface area contributed by atoms with Crippen LogP contribution in [0.3, 0.4) is 0 Å². The van der Waals surface area contributed by atoms with Crippen molar-refractivity contribution in [1.29, 1.82) is 0 Å². The maximum Gasteiger partial charge on any atom is 0.224 e. The summed E-state index contributed by atoms with van der Waals surface area (Å²) in [4.78, 5) is 11.4. The Hall–Kier alpha value is -1.83. The quantitative estimate of drug-likeness (QED) is 0.839. The molecule has 88 valence electrons. The lowest BCUT2D eigenvalue weighted by Gasteiger charge is -2.08. The smallest absolute Gasteiger partial charge is 0.224 e. The summed E-state index contributed by atoms with van der Waals surface area (Å²) in [6.45, 7) is 4.13. The Labute approximate surface area is 102 Å². The van der Waals surface area contributed by atoms with Gasteiger partial charge in [0.15, 0.2) is 0 Å². The van der Waals surface area contributed by atoms with E-state index in [4.69, 9.17) is 0 Å². The third kappa shape index (κ3) is 2.47. The largest absolute Gasteiger partial charge is 0.359 e. The minimum Gasteiger partial charge on any atom is -0.359 e. The van der Waals surface area contributed by atoms with Crippen molar-refractivity contribution in [3.63, 3.8) is 0 Å². The molecular weight excluding hydrogens is 210 g/mol. The first-order valence-electron chi connectivity index (χ1n) is 5.80. The number of benzene rings is 2. The van der Waals surface area contributed by atoms with Gasteiger partial charge >= 0.3 is 0 Å². The fourth-order valence-electron chi connectivity index (χ4n) is 2.03. The molecule has 0 heterocycles. The van der Waals surface area contributed by atoms with E-state index < -0.39 is 0 Å². The lowest BCUT2D eigenvalue weighted by atomic mass is 9.98. The number of rotatable bonds is 2. The second kappa shape index (κ2) is 4.58. The fourth-order valence-corrected chi connectivity index (χ4v) is 2.03. The lowest BCUT2D eigenvalue weighted by molar-refractivity contribution is -0.119. The molecule has 0 atom stereocenters. The normalized spacial score (nSPS) is 10.5. The van der Waals surface area contributed by atoms with Gasteiger partial charge in [-0.1, -0.05) is 35.9 Å². The molecule has 1 N–H and O–H groups in total. The van der Waals surface area contributed by atoms with Gasteiger partial charge in [0.2, 0.25) is 5.91 Å². The zero-order valence-electron chi connectivity index (χ0n) is 10.5. The molecule has 2 aromatic carbocycles. The molecule has 2 nitrogen and oxygen atoms in total. The maximum absolute atomic E-state index is 11.4. The topological polar surface area (TPSA) is 29.1 Å². The van der Waals surface area contributed by atoms with Crippen LogP contribution in [0.4, 0.5) is 0 Å². The van der Waals surface area contributed by atoms with Crippen molar-refractivity contribution in [2.75, 3.05) is 7.05 Å². The molecule has 0 aliphatic carbocycles. The average molecular weight is 227 g/mol. The molecule has 0 bridgehead atoms. The number of carbonyl (C=O) groups is 1. The first-order chi connectivity index (χ1) is 8.10. The molecule has 2 heteroatoms. The maximum atomic E-state index is 11.4. The summed E-state index contributed by atoms with van der Waals surface area (Å²) in [6.07, 6.45) is 0.451. The standard InChI is InChI=1S/C15H17NO/c1-10-4-5-12-7-11(2)13(8-14(12)6-10)9-15(17)16-3/h4-8H,9H2,1-3H3,(H,16,17). The van der Waals surface area contributed by atoms with Gasteiger partial charge in [-0.3, -0.25) is 4.79 Å². The minimum atomic E-state index is 0.0557. The van der Waals surface area contributed by atoms with Crippen molar-refractivity contribution in [3.05, 3.63) is 47.0 Å². The van der Waals surface area contributed by atoms with Crippen LogP contribution in [0, 0.1) is 13.8 Å². The monoisotopic (exact) mass is 227 g/mol. The van der Waals surface area contributed by atoms with Gasteiger partial charge < -0.3 is 5.32 Å². The molecule has 17 heavy (non-hydrogen) atoms. The van der Waals surface area contributed by atoms with E-state index in [1.807, 2.05) is 0 Å². The van der Waals surface area contributed by atoms with E-state index in [1.165, 1.54) is 21.9 Å². The summed E-state index contributed by atoms with van der Waals surface area (Å²) < 4.78 is 0. The second-order valence-electron chi connectivity index (χ2n) is 4.48. The van der Waals surface area contributed by atoms with E-state index >= 15 is 0 Å². The molecule has 0 aliphatic rings. The van der Waals surface area contributed by atoms with Gasteiger partial charge in [0.1, 0.15) is 0 Å². The number of fused-ring (bicyclic) bond motifs is 1. The molecule has 2 aromatic rings. The summed E-state index contributed by atoms with van der Waals surface area (Å²) in [5.41, 5.74) is 3.51. The van der Waals surface area contributed by atoms with Crippen LogP contribution in [0.15, 0.2) is 30.3 Å². The van der Waals surface area contributed by atoms with Crippen molar-refractivity contribution in [1.82, 2.24) is 5.32 Å². The Kier molecular flexibility index (Phi) is 3.14. The van der Waals surface area contributed by atoms with E-state index in [-0.39, 0.29) is 5.91 Å². The number of hydrogen-bond donors (Lipinski definition) is 1. The van der Waals surface area contributed by atoms with Crippen LogP contribution in [0.25, 0.3) is 10.8 Å². The Morgan fingerprint density at radius 1 is 1.12 bits per heavy atom. The van der Waals surface area contributed by atoms with Crippen molar-refractivity contribution < 1.29 is 4.79 Å². The Bertz CT molecular complexity index is 572. The number of hydrogen-bond acceptors (Lipinski definition) is 1. The van der Waals surface area contributed by atoms with Crippen LogP contribution in [0.5, 0.6) is 0 Å². The molecule has 0 aliphatic heterocycles. The van der Waals surface area contributed by atoms with Gasteiger partial charge in [-0.15, -0.1) is 0 Å². The van der Waals surface area contributed by atoms with Crippen LogP contribution in [-0.4, -0.2) is 13.0 Å². The molecule has 0 aromatic heterocycles. The second-order valence-corrected chi connectivity index (χ2v) is 4.48. The third-order valence-electron chi connectivity index (χ3n) is 3.08. The predicted molar refractivity (Wildman–Crippen MR) is 71.2 cm³/mol. The number of aryl methyl sites for hydroxylation is 2. The summed E-state index contributed by atoms with van der Waals surface area (Å²) in [5, 5.41) is 5.09. The lowest BCUT2D eigenvalue weighted by Crippen LogP contribution is -2.20. The summed E-state index contributed by atoms with van der Waals surface area (Å²) in [5.74, 6) is 0.0557. The van der Waals surface area contributed by atoms with Crippen molar-refractivity contribution in [2.45, 2.75) is 20.3 Å². The van der Waals surface area contributed by atoms with Crippen molar-refractivity contribution in [3.8, 4) is 0 Å². The van der Waals surface area contributed by atoms with Crippen LogP contribution >= 0.6 is 0 Å². The van der Waals surface area contributed by atoms with Crippen LogP contribution in [0.2, 0.25) is 0 Å². The van der Waals surface area contributed by atoms with E-state index in [0.29, 0.717) is 6.42 Å². The highest BCUT2D eigenvalue weighted by molar-refractivity contribution is 5.87. The fraction of sp³-hybridized carbons (Fsp3) is 0.267. The minimum absolute atomic E-state index is 0.0557. The first-order valence-corrected chi connectivity index (χ1v) is 5.80. The molecule has 0 saturated carbocycles. The van der Waals surface area contributed by atoms with Gasteiger partial charge in [-0.2, -0.15) is 0 Å². The molecule has 0 spiro atoms. The zero-order valence-corrected chi connectivity index (χ0v) is 10.5.